The van der Waals surface area contributed by atoms with Gasteiger partial charge in [0.2, 0.25) is 5.95 Å². The summed E-state index contributed by atoms with van der Waals surface area (Å²) in [6.07, 6.45) is 2.59. The van der Waals surface area contributed by atoms with Crippen LogP contribution in [0.25, 0.3) is 11.2 Å². The van der Waals surface area contributed by atoms with Crippen LogP contribution in [0.3, 0.4) is 0 Å². The van der Waals surface area contributed by atoms with E-state index >= 15 is 0 Å². The predicted octanol–water partition coefficient (Wildman–Crippen LogP) is 0.0192. The number of aromatic amines is 1. The number of hydrogen-bond donors (Lipinski definition) is 2. The number of nitrogens with zero attached hydrogens (tertiary/aromatic N) is 3. The van der Waals surface area contributed by atoms with Gasteiger partial charge in [-0.2, -0.15) is 4.98 Å². The number of carbonyl (C=O) groups is 1. The Hall–Kier alpha value is -2.42. The van der Waals surface area contributed by atoms with Gasteiger partial charge >= 0.3 is 5.97 Å². The van der Waals surface area contributed by atoms with Crippen LogP contribution >= 0.6 is 0 Å². The number of fused-ring (bicyclic) bond motifs is 1. The quantitative estimate of drug-likeness (QED) is 0.544. The first-order chi connectivity index (χ1) is 10.1. The highest BCUT2D eigenvalue weighted by molar-refractivity contribution is 5.70. The molecule has 0 spiro atoms. The second-order valence-electron chi connectivity index (χ2n) is 4.35. The predicted molar refractivity (Wildman–Crippen MR) is 74.4 cm³/mol. The lowest BCUT2D eigenvalue weighted by Gasteiger charge is -2.06. The second-order valence-corrected chi connectivity index (χ2v) is 4.35. The number of ether oxygens (including phenoxy) is 2. The molecule has 0 aliphatic rings. The Kier molecular flexibility index (Phi) is 4.88. The first-order valence-electron chi connectivity index (χ1n) is 6.55. The van der Waals surface area contributed by atoms with Crippen molar-refractivity contribution in [2.45, 2.75) is 26.5 Å². The molecule has 0 atom stereocenters. The van der Waals surface area contributed by atoms with Gasteiger partial charge in [0.15, 0.2) is 11.2 Å². The average Bonchev–Trinajstić information content (AvgIpc) is 2.82. The van der Waals surface area contributed by atoms with Crippen molar-refractivity contribution in [3.8, 4) is 0 Å². The summed E-state index contributed by atoms with van der Waals surface area (Å²) < 4.78 is 11.8. The fourth-order valence-electron chi connectivity index (χ4n) is 1.72. The zero-order chi connectivity index (χ0) is 15.2. The molecule has 0 radical (unpaired) electrons. The summed E-state index contributed by atoms with van der Waals surface area (Å²) in [5.74, 6) is -0.224. The summed E-state index contributed by atoms with van der Waals surface area (Å²) in [6, 6.07) is 0. The molecule has 0 saturated heterocycles. The highest BCUT2D eigenvalue weighted by Gasteiger charge is 2.09. The molecule has 0 amide bonds. The topological polar surface area (TPSA) is 125 Å². The van der Waals surface area contributed by atoms with Crippen LogP contribution in [0, 0.1) is 0 Å². The molecule has 2 aromatic rings. The third-order valence-electron chi connectivity index (χ3n) is 2.67. The van der Waals surface area contributed by atoms with E-state index in [0.717, 1.165) is 6.42 Å². The third kappa shape index (κ3) is 3.78. The number of nitrogen functional groups attached to an aromatic ring is 1. The number of imidazole rings is 1. The molecule has 0 bridgehead atoms. The van der Waals surface area contributed by atoms with Crippen molar-refractivity contribution in [2.75, 3.05) is 18.9 Å². The molecule has 2 heterocycles. The van der Waals surface area contributed by atoms with E-state index in [1.165, 1.54) is 6.33 Å². The van der Waals surface area contributed by atoms with E-state index in [4.69, 9.17) is 15.2 Å². The van der Waals surface area contributed by atoms with Gasteiger partial charge in [-0.15, -0.1) is 0 Å². The van der Waals surface area contributed by atoms with Gasteiger partial charge in [-0.25, -0.2) is 4.98 Å². The number of esters is 1. The maximum absolute atomic E-state index is 11.6. The second kappa shape index (κ2) is 6.84. The number of nitrogens with two attached hydrogens (primary N) is 1. The summed E-state index contributed by atoms with van der Waals surface area (Å²) in [4.78, 5) is 33.0. The molecule has 3 N–H and O–H groups in total. The molecule has 0 aliphatic heterocycles. The van der Waals surface area contributed by atoms with Crippen LogP contribution < -0.4 is 11.3 Å². The maximum Gasteiger partial charge on any atom is 0.305 e. The Morgan fingerprint density at radius 3 is 3.05 bits per heavy atom. The van der Waals surface area contributed by atoms with Crippen molar-refractivity contribution in [2.24, 2.45) is 0 Å². The highest BCUT2D eigenvalue weighted by atomic mass is 16.6. The van der Waals surface area contributed by atoms with Crippen LogP contribution in [0.5, 0.6) is 0 Å². The Balaban J connectivity index is 1.87. The Labute approximate surface area is 120 Å². The molecule has 2 aromatic heterocycles. The van der Waals surface area contributed by atoms with Gasteiger partial charge in [-0.05, 0) is 6.42 Å². The molecule has 0 fully saturated rings. The minimum atomic E-state index is -0.398. The smallest absolute Gasteiger partial charge is 0.305 e. The van der Waals surface area contributed by atoms with Crippen LogP contribution in [0.4, 0.5) is 5.95 Å². The van der Waals surface area contributed by atoms with Gasteiger partial charge in [0.05, 0.1) is 12.9 Å². The normalized spacial score (nSPS) is 10.9. The number of H-pyrrole nitrogens is 1. The van der Waals surface area contributed by atoms with Crippen LogP contribution in [0.1, 0.15) is 19.8 Å². The summed E-state index contributed by atoms with van der Waals surface area (Å²) >= 11 is 0. The van der Waals surface area contributed by atoms with E-state index in [1.807, 2.05) is 6.92 Å². The summed E-state index contributed by atoms with van der Waals surface area (Å²) in [5, 5.41) is 0. The number of anilines is 1. The Morgan fingerprint density at radius 2 is 2.29 bits per heavy atom. The molecule has 114 valence electrons. The molecule has 0 aliphatic carbocycles. The van der Waals surface area contributed by atoms with Crippen LogP contribution in [0.2, 0.25) is 0 Å². The first kappa shape index (κ1) is 15.0. The summed E-state index contributed by atoms with van der Waals surface area (Å²) in [5.41, 5.74) is 5.63. The van der Waals surface area contributed by atoms with Crippen molar-refractivity contribution in [1.29, 1.82) is 0 Å². The van der Waals surface area contributed by atoms with E-state index in [1.54, 1.807) is 4.57 Å². The van der Waals surface area contributed by atoms with Crippen LogP contribution in [0.15, 0.2) is 11.1 Å². The fourth-order valence-corrected chi connectivity index (χ4v) is 1.72. The van der Waals surface area contributed by atoms with Crippen molar-refractivity contribution >= 4 is 23.1 Å². The van der Waals surface area contributed by atoms with E-state index < -0.39 is 5.56 Å². The monoisotopic (exact) mass is 295 g/mol. The fraction of sp³-hybridized carbons (Fsp3) is 0.500. The summed E-state index contributed by atoms with van der Waals surface area (Å²) in [7, 11) is 0. The molecular weight excluding hydrogens is 278 g/mol. The Morgan fingerprint density at radius 1 is 1.48 bits per heavy atom. The summed E-state index contributed by atoms with van der Waals surface area (Å²) in [6.45, 7) is 2.47. The number of hydrogen-bond acceptors (Lipinski definition) is 7. The third-order valence-corrected chi connectivity index (χ3v) is 2.67. The zero-order valence-electron chi connectivity index (χ0n) is 11.7. The van der Waals surface area contributed by atoms with Gasteiger partial charge in [-0.3, -0.25) is 19.1 Å². The highest BCUT2D eigenvalue weighted by Crippen LogP contribution is 2.06. The number of aromatic nitrogens is 4. The molecule has 0 unspecified atom stereocenters. The van der Waals surface area contributed by atoms with E-state index in [2.05, 4.69) is 15.0 Å². The van der Waals surface area contributed by atoms with Crippen molar-refractivity contribution in [3.63, 3.8) is 0 Å². The van der Waals surface area contributed by atoms with Crippen molar-refractivity contribution < 1.29 is 14.3 Å². The van der Waals surface area contributed by atoms with Crippen molar-refractivity contribution in [1.82, 2.24) is 19.5 Å². The average molecular weight is 295 g/mol. The van der Waals surface area contributed by atoms with Gasteiger partial charge in [0, 0.05) is 6.42 Å². The largest absolute Gasteiger partial charge is 0.463 e. The first-order valence-corrected chi connectivity index (χ1v) is 6.55. The van der Waals surface area contributed by atoms with Crippen LogP contribution in [-0.4, -0.2) is 38.7 Å². The maximum atomic E-state index is 11.6. The van der Waals surface area contributed by atoms with E-state index in [9.17, 15) is 9.59 Å². The lowest BCUT2D eigenvalue weighted by Crippen LogP contribution is -2.14. The Bertz CT molecular complexity index is 678. The molecule has 9 nitrogen and oxygen atoms in total. The SMILES string of the molecule is CCCC(=O)OCCOCn1cnc2c(=O)[nH]c(N)nc21. The molecule has 21 heavy (non-hydrogen) atoms. The van der Waals surface area contributed by atoms with Crippen molar-refractivity contribution in [3.05, 3.63) is 16.7 Å². The molecule has 0 aromatic carbocycles. The molecule has 0 saturated carbocycles. The lowest BCUT2D eigenvalue weighted by molar-refractivity contribution is -0.145. The standard InChI is InChI=1S/C12H17N5O4/c1-2-3-8(18)21-5-4-20-7-17-6-14-9-10(17)15-12(13)16-11(9)19/h6H,2-5,7H2,1H3,(H3,13,15,16,19). The minimum absolute atomic E-state index is 0.0164. The van der Waals surface area contributed by atoms with Crippen LogP contribution in [-0.2, 0) is 21.0 Å². The molecule has 9 heteroatoms. The minimum Gasteiger partial charge on any atom is -0.463 e. The zero-order valence-corrected chi connectivity index (χ0v) is 11.7. The van der Waals surface area contributed by atoms with Gasteiger partial charge in [0.1, 0.15) is 13.3 Å². The van der Waals surface area contributed by atoms with E-state index in [-0.39, 0.29) is 37.4 Å². The van der Waals surface area contributed by atoms with Gasteiger partial charge in [-0.1, -0.05) is 6.92 Å². The van der Waals surface area contributed by atoms with Gasteiger partial charge < -0.3 is 15.2 Å². The lowest BCUT2D eigenvalue weighted by atomic mass is 10.3. The molecular formula is C12H17N5O4. The number of nitrogens with one attached hydrogen (secondary N) is 1. The van der Waals surface area contributed by atoms with E-state index in [0.29, 0.717) is 12.1 Å². The number of carbonyl (C=O) groups excluding carboxylic acids is 1. The number of rotatable bonds is 7. The van der Waals surface area contributed by atoms with Gasteiger partial charge in [0.25, 0.3) is 5.56 Å². The molecule has 2 rings (SSSR count).